The Bertz CT molecular complexity index is 1150. The smallest absolute Gasteiger partial charge is 0.274 e. The highest BCUT2D eigenvalue weighted by atomic mass is 19.1. The second kappa shape index (κ2) is 9.35. The van der Waals surface area contributed by atoms with Gasteiger partial charge in [-0.25, -0.2) is 14.4 Å². The van der Waals surface area contributed by atoms with Gasteiger partial charge in [-0.1, -0.05) is 0 Å². The van der Waals surface area contributed by atoms with Gasteiger partial charge in [0.1, 0.15) is 29.2 Å². The average molecular weight is 428 g/mol. The van der Waals surface area contributed by atoms with Crippen LogP contribution in [0.3, 0.4) is 0 Å². The van der Waals surface area contributed by atoms with E-state index < -0.39 is 17.8 Å². The molecule has 0 spiro atoms. The predicted molar refractivity (Wildman–Crippen MR) is 110 cm³/mol. The minimum atomic E-state index is -0.827. The molecule has 162 valence electrons. The summed E-state index contributed by atoms with van der Waals surface area (Å²) in [6.07, 6.45) is 2.09. The number of benzene rings is 1. The van der Waals surface area contributed by atoms with Crippen molar-refractivity contribution < 1.29 is 23.8 Å². The Kier molecular flexibility index (Phi) is 6.61. The van der Waals surface area contributed by atoms with Gasteiger partial charge in [0.25, 0.3) is 11.5 Å². The molecule has 3 aromatic rings. The Balaban J connectivity index is 1.97. The van der Waals surface area contributed by atoms with Crippen LogP contribution in [0.25, 0.3) is 11.4 Å². The molecule has 0 aliphatic carbocycles. The van der Waals surface area contributed by atoms with Gasteiger partial charge in [0, 0.05) is 44.1 Å². The van der Waals surface area contributed by atoms with E-state index >= 15 is 0 Å². The van der Waals surface area contributed by atoms with Crippen molar-refractivity contribution in [1.29, 1.82) is 0 Å². The highest BCUT2D eigenvalue weighted by molar-refractivity contribution is 5.92. The third-order valence-corrected chi connectivity index (χ3v) is 4.08. The lowest BCUT2D eigenvalue weighted by Gasteiger charge is -2.15. The van der Waals surface area contributed by atoms with Gasteiger partial charge < -0.3 is 24.5 Å². The molecule has 1 atom stereocenters. The lowest BCUT2D eigenvalue weighted by atomic mass is 10.2. The van der Waals surface area contributed by atoms with Crippen LogP contribution in [0.5, 0.6) is 17.2 Å². The summed E-state index contributed by atoms with van der Waals surface area (Å²) in [5, 5.41) is 9.27. The molecule has 0 unspecified atom stereocenters. The second-order valence-electron chi connectivity index (χ2n) is 6.89. The van der Waals surface area contributed by atoms with E-state index in [-0.39, 0.29) is 35.2 Å². The molecule has 1 aromatic carbocycles. The molecule has 1 amide bonds. The van der Waals surface area contributed by atoms with E-state index in [1.54, 1.807) is 19.1 Å². The number of pyridine rings is 1. The van der Waals surface area contributed by atoms with E-state index in [1.807, 2.05) is 0 Å². The van der Waals surface area contributed by atoms with Gasteiger partial charge in [0.15, 0.2) is 11.5 Å². The quantitative estimate of drug-likeness (QED) is 0.592. The van der Waals surface area contributed by atoms with Gasteiger partial charge >= 0.3 is 0 Å². The molecular weight excluding hydrogens is 407 g/mol. The number of hydrogen-bond donors (Lipinski definition) is 2. The van der Waals surface area contributed by atoms with Crippen molar-refractivity contribution in [3.8, 4) is 28.6 Å². The number of nitrogens with one attached hydrogen (secondary N) is 1. The molecule has 2 aromatic heterocycles. The van der Waals surface area contributed by atoms with E-state index in [0.29, 0.717) is 11.3 Å². The Morgan fingerprint density at radius 3 is 2.58 bits per heavy atom. The number of carbonyl (C=O) groups excluding carboxylic acids is 1. The lowest BCUT2D eigenvalue weighted by Crippen LogP contribution is -2.23. The summed E-state index contributed by atoms with van der Waals surface area (Å²) in [4.78, 5) is 35.4. The molecule has 0 bridgehead atoms. The summed E-state index contributed by atoms with van der Waals surface area (Å²) in [5.41, 5.74) is -0.184. The Morgan fingerprint density at radius 1 is 1.19 bits per heavy atom. The Labute approximate surface area is 177 Å². The highest BCUT2D eigenvalue weighted by Gasteiger charge is 2.17. The summed E-state index contributed by atoms with van der Waals surface area (Å²) < 4.78 is 25.7. The van der Waals surface area contributed by atoms with E-state index in [2.05, 4.69) is 15.0 Å². The monoisotopic (exact) mass is 428 g/mol. The van der Waals surface area contributed by atoms with Crippen molar-refractivity contribution in [1.82, 2.24) is 19.9 Å². The van der Waals surface area contributed by atoms with Crippen molar-refractivity contribution in [2.24, 2.45) is 0 Å². The maximum atomic E-state index is 14.4. The summed E-state index contributed by atoms with van der Waals surface area (Å²) in [5.74, 6) is -0.479. The molecule has 3 rings (SSSR count). The average Bonchev–Trinajstić information content (AvgIpc) is 2.73. The normalized spacial score (nSPS) is 11.6. The molecule has 2 N–H and O–H groups in total. The van der Waals surface area contributed by atoms with E-state index in [0.717, 1.165) is 6.07 Å². The van der Waals surface area contributed by atoms with Gasteiger partial charge in [0.2, 0.25) is 0 Å². The highest BCUT2D eigenvalue weighted by Crippen LogP contribution is 2.31. The summed E-state index contributed by atoms with van der Waals surface area (Å²) in [6, 6.07) is 7.06. The number of halogens is 1. The summed E-state index contributed by atoms with van der Waals surface area (Å²) in [6.45, 7) is 1.47. The minimum Gasteiger partial charge on any atom is -0.488 e. The zero-order valence-corrected chi connectivity index (χ0v) is 17.1. The standard InChI is InChI=1S/C21H21FN4O5/c1-12(11-27)30-14-6-13(20-23-5-4-18(28)25-20)7-15(8-14)31-16-9-17(22)19(24-10-16)21(29)26(2)3/h4-10,12,27H,11H2,1-3H3,(H,23,25,28)/t12-/m0/s1. The van der Waals surface area contributed by atoms with E-state index in [1.165, 1.54) is 43.5 Å². The SMILES string of the molecule is C[C@@H](CO)Oc1cc(Oc2cnc(C(=O)N(C)C)c(F)c2)cc(-c2nccc(=O)[nH]2)c1. The molecular formula is C21H21FN4O5. The summed E-state index contributed by atoms with van der Waals surface area (Å²) in [7, 11) is 2.99. The number of amides is 1. The van der Waals surface area contributed by atoms with Crippen molar-refractivity contribution >= 4 is 5.91 Å². The minimum absolute atomic E-state index is 0.0561. The van der Waals surface area contributed by atoms with Crippen LogP contribution in [0.1, 0.15) is 17.4 Å². The fraction of sp³-hybridized carbons (Fsp3) is 0.238. The number of ether oxygens (including phenoxy) is 2. The number of aromatic nitrogens is 3. The van der Waals surface area contributed by atoms with Gasteiger partial charge in [-0.15, -0.1) is 0 Å². The lowest BCUT2D eigenvalue weighted by molar-refractivity contribution is 0.0817. The molecule has 9 nitrogen and oxygen atoms in total. The van der Waals surface area contributed by atoms with Crippen LogP contribution in [0, 0.1) is 5.82 Å². The first-order valence-corrected chi connectivity index (χ1v) is 9.30. The number of aliphatic hydroxyl groups excluding tert-OH is 1. The second-order valence-corrected chi connectivity index (χ2v) is 6.89. The molecule has 0 saturated heterocycles. The Hall–Kier alpha value is -3.79. The van der Waals surface area contributed by atoms with Crippen molar-refractivity contribution in [2.45, 2.75) is 13.0 Å². The maximum absolute atomic E-state index is 14.4. The molecule has 31 heavy (non-hydrogen) atoms. The van der Waals surface area contributed by atoms with Crippen LogP contribution in [0.2, 0.25) is 0 Å². The van der Waals surface area contributed by atoms with Crippen LogP contribution in [-0.2, 0) is 0 Å². The van der Waals surface area contributed by atoms with Gasteiger partial charge in [-0.2, -0.15) is 0 Å². The molecule has 0 radical (unpaired) electrons. The van der Waals surface area contributed by atoms with Crippen LogP contribution >= 0.6 is 0 Å². The van der Waals surface area contributed by atoms with Gasteiger partial charge in [-0.3, -0.25) is 9.59 Å². The van der Waals surface area contributed by atoms with Crippen molar-refractivity contribution in [3.05, 3.63) is 64.6 Å². The topological polar surface area (TPSA) is 118 Å². The van der Waals surface area contributed by atoms with E-state index in [4.69, 9.17) is 9.47 Å². The number of rotatable bonds is 7. The third-order valence-electron chi connectivity index (χ3n) is 4.08. The first-order chi connectivity index (χ1) is 14.8. The first kappa shape index (κ1) is 21.9. The summed E-state index contributed by atoms with van der Waals surface area (Å²) >= 11 is 0. The van der Waals surface area contributed by atoms with Gasteiger partial charge in [-0.05, 0) is 19.1 Å². The number of aliphatic hydroxyl groups is 1. The number of aromatic amines is 1. The molecule has 0 saturated carbocycles. The van der Waals surface area contributed by atoms with Crippen LogP contribution in [0.4, 0.5) is 4.39 Å². The molecule has 10 heteroatoms. The molecule has 0 aliphatic rings. The van der Waals surface area contributed by atoms with Crippen molar-refractivity contribution in [3.63, 3.8) is 0 Å². The fourth-order valence-corrected chi connectivity index (χ4v) is 2.60. The fourth-order valence-electron chi connectivity index (χ4n) is 2.60. The van der Waals surface area contributed by atoms with Crippen LogP contribution in [-0.4, -0.2) is 57.7 Å². The molecule has 2 heterocycles. The largest absolute Gasteiger partial charge is 0.488 e. The van der Waals surface area contributed by atoms with Crippen molar-refractivity contribution in [2.75, 3.05) is 20.7 Å². The molecule has 0 aliphatic heterocycles. The molecule has 0 fully saturated rings. The number of hydrogen-bond acceptors (Lipinski definition) is 7. The zero-order valence-electron chi connectivity index (χ0n) is 17.1. The zero-order chi connectivity index (χ0) is 22.5. The van der Waals surface area contributed by atoms with Gasteiger partial charge in [0.05, 0.1) is 12.8 Å². The number of H-pyrrole nitrogens is 1. The van der Waals surface area contributed by atoms with Crippen LogP contribution < -0.4 is 15.0 Å². The van der Waals surface area contributed by atoms with E-state index in [9.17, 15) is 19.1 Å². The number of carbonyl (C=O) groups is 1. The maximum Gasteiger partial charge on any atom is 0.274 e. The number of nitrogens with zero attached hydrogens (tertiary/aromatic N) is 3. The predicted octanol–water partition coefficient (Wildman–Crippen LogP) is 2.22. The third kappa shape index (κ3) is 5.43. The Morgan fingerprint density at radius 2 is 1.94 bits per heavy atom. The first-order valence-electron chi connectivity index (χ1n) is 9.30. The van der Waals surface area contributed by atoms with Crippen LogP contribution in [0.15, 0.2) is 47.5 Å².